The molecule has 0 radical (unpaired) electrons. The summed E-state index contributed by atoms with van der Waals surface area (Å²) in [6, 6.07) is 1.16. The monoisotopic (exact) mass is 284 g/mol. The van der Waals surface area contributed by atoms with Gasteiger partial charge in [-0.1, -0.05) is 13.3 Å². The van der Waals surface area contributed by atoms with Gasteiger partial charge in [0.05, 0.1) is 12.7 Å². The van der Waals surface area contributed by atoms with Crippen LogP contribution in [0.2, 0.25) is 0 Å². The minimum Gasteiger partial charge on any atom is -0.491 e. The molecule has 1 aromatic rings. The van der Waals surface area contributed by atoms with Crippen molar-refractivity contribution < 1.29 is 18.3 Å². The molecule has 1 aliphatic carbocycles. The molecule has 1 atom stereocenters. The average molecular weight is 284 g/mol. The van der Waals surface area contributed by atoms with Crippen LogP contribution in [-0.2, 0) is 17.6 Å². The summed E-state index contributed by atoms with van der Waals surface area (Å²) in [6.45, 7) is 4.88. The van der Waals surface area contributed by atoms with Crippen molar-refractivity contribution in [2.45, 2.75) is 52.1 Å². The summed E-state index contributed by atoms with van der Waals surface area (Å²) in [5.41, 5.74) is 0.919. The Hall–Kier alpha value is -1.16. The van der Waals surface area contributed by atoms with Crippen LogP contribution in [0.1, 0.15) is 44.2 Å². The molecule has 0 amide bonds. The van der Waals surface area contributed by atoms with Crippen LogP contribution in [0.3, 0.4) is 0 Å². The highest BCUT2D eigenvalue weighted by Gasteiger charge is 2.27. The van der Waals surface area contributed by atoms with Crippen molar-refractivity contribution in [1.82, 2.24) is 0 Å². The largest absolute Gasteiger partial charge is 0.491 e. The molecule has 0 spiro atoms. The maximum atomic E-state index is 14.2. The third kappa shape index (κ3) is 3.29. The molecule has 0 aliphatic heterocycles. The van der Waals surface area contributed by atoms with Gasteiger partial charge in [0.25, 0.3) is 0 Å². The smallest absolute Gasteiger partial charge is 0.168 e. The van der Waals surface area contributed by atoms with Gasteiger partial charge in [0.1, 0.15) is 5.82 Å². The Morgan fingerprint density at radius 2 is 2.05 bits per heavy atom. The number of benzene rings is 1. The second kappa shape index (κ2) is 7.02. The van der Waals surface area contributed by atoms with Gasteiger partial charge in [-0.25, -0.2) is 8.78 Å². The first-order valence-electron chi connectivity index (χ1n) is 7.41. The van der Waals surface area contributed by atoms with Gasteiger partial charge < -0.3 is 9.47 Å². The van der Waals surface area contributed by atoms with E-state index in [9.17, 15) is 8.78 Å². The summed E-state index contributed by atoms with van der Waals surface area (Å²) < 4.78 is 39.2. The molecule has 2 nitrogen and oxygen atoms in total. The molecule has 2 rings (SSSR count). The quantitative estimate of drug-likeness (QED) is 0.734. The SMILES string of the molecule is CCCCOC1CCc2c(F)c(OCC)cc(F)c2C1. The third-order valence-electron chi connectivity index (χ3n) is 3.69. The van der Waals surface area contributed by atoms with Gasteiger partial charge in [-0.2, -0.15) is 0 Å². The van der Waals surface area contributed by atoms with E-state index in [0.29, 0.717) is 37.2 Å². The summed E-state index contributed by atoms with van der Waals surface area (Å²) in [5, 5.41) is 0. The van der Waals surface area contributed by atoms with Crippen molar-refractivity contribution in [1.29, 1.82) is 0 Å². The Kier molecular flexibility index (Phi) is 5.35. The van der Waals surface area contributed by atoms with Gasteiger partial charge >= 0.3 is 0 Å². The van der Waals surface area contributed by atoms with E-state index in [2.05, 4.69) is 6.92 Å². The van der Waals surface area contributed by atoms with Gasteiger partial charge in [-0.05, 0) is 37.3 Å². The molecule has 0 N–H and O–H groups in total. The van der Waals surface area contributed by atoms with Crippen molar-refractivity contribution in [3.05, 3.63) is 28.8 Å². The number of rotatable bonds is 6. The Morgan fingerprint density at radius 3 is 2.75 bits per heavy atom. The van der Waals surface area contributed by atoms with Crippen LogP contribution < -0.4 is 4.74 Å². The number of hydrogen-bond acceptors (Lipinski definition) is 2. The summed E-state index contributed by atoms with van der Waals surface area (Å²) in [6.07, 6.45) is 3.78. The lowest BCUT2D eigenvalue weighted by Crippen LogP contribution is -2.25. The maximum absolute atomic E-state index is 14.2. The number of ether oxygens (including phenoxy) is 2. The molecular weight excluding hydrogens is 262 g/mol. The molecule has 20 heavy (non-hydrogen) atoms. The van der Waals surface area contributed by atoms with Crippen LogP contribution in [0.5, 0.6) is 5.75 Å². The Balaban J connectivity index is 2.14. The Bertz CT molecular complexity index is 460. The maximum Gasteiger partial charge on any atom is 0.168 e. The van der Waals surface area contributed by atoms with Crippen molar-refractivity contribution in [3.8, 4) is 5.75 Å². The predicted octanol–water partition coefficient (Wildman–Crippen LogP) is 4.04. The molecule has 0 saturated heterocycles. The fourth-order valence-electron chi connectivity index (χ4n) is 2.60. The minimum absolute atomic E-state index is 0.000827. The van der Waals surface area contributed by atoms with Gasteiger partial charge in [-0.3, -0.25) is 0 Å². The lowest BCUT2D eigenvalue weighted by Gasteiger charge is -2.26. The van der Waals surface area contributed by atoms with Crippen LogP contribution >= 0.6 is 0 Å². The lowest BCUT2D eigenvalue weighted by atomic mass is 9.88. The highest BCUT2D eigenvalue weighted by Crippen LogP contribution is 2.33. The van der Waals surface area contributed by atoms with Crippen molar-refractivity contribution in [3.63, 3.8) is 0 Å². The average Bonchev–Trinajstić information content (AvgIpc) is 2.45. The first-order valence-corrected chi connectivity index (χ1v) is 7.41. The van der Waals surface area contributed by atoms with E-state index in [0.717, 1.165) is 25.3 Å². The first kappa shape index (κ1) is 15.2. The zero-order valence-electron chi connectivity index (χ0n) is 12.2. The van der Waals surface area contributed by atoms with E-state index in [1.165, 1.54) is 0 Å². The fourth-order valence-corrected chi connectivity index (χ4v) is 2.60. The van der Waals surface area contributed by atoms with Crippen molar-refractivity contribution in [2.24, 2.45) is 0 Å². The molecule has 0 aromatic heterocycles. The number of unbranched alkanes of at least 4 members (excludes halogenated alkanes) is 1. The van der Waals surface area contributed by atoms with Gasteiger partial charge in [-0.15, -0.1) is 0 Å². The van der Waals surface area contributed by atoms with Gasteiger partial charge in [0.15, 0.2) is 11.6 Å². The van der Waals surface area contributed by atoms with Crippen LogP contribution in [0.15, 0.2) is 6.07 Å². The van der Waals surface area contributed by atoms with Gasteiger partial charge in [0, 0.05) is 19.1 Å². The van der Waals surface area contributed by atoms with E-state index >= 15 is 0 Å². The Morgan fingerprint density at radius 1 is 1.25 bits per heavy atom. The van der Waals surface area contributed by atoms with E-state index in [-0.39, 0.29) is 17.7 Å². The number of halogens is 2. The Labute approximate surface area is 119 Å². The highest BCUT2D eigenvalue weighted by atomic mass is 19.1. The molecule has 1 aromatic carbocycles. The zero-order valence-corrected chi connectivity index (χ0v) is 12.2. The minimum atomic E-state index is -0.407. The second-order valence-corrected chi connectivity index (χ2v) is 5.15. The molecule has 1 unspecified atom stereocenters. The molecule has 1 aliphatic rings. The fraction of sp³-hybridized carbons (Fsp3) is 0.625. The molecule has 0 bridgehead atoms. The zero-order chi connectivity index (χ0) is 14.5. The van der Waals surface area contributed by atoms with Crippen molar-refractivity contribution in [2.75, 3.05) is 13.2 Å². The molecular formula is C16H22F2O2. The van der Waals surface area contributed by atoms with Crippen LogP contribution in [0.4, 0.5) is 8.78 Å². The van der Waals surface area contributed by atoms with Gasteiger partial charge in [0.2, 0.25) is 0 Å². The van der Waals surface area contributed by atoms with E-state index in [1.807, 2.05) is 0 Å². The predicted molar refractivity (Wildman–Crippen MR) is 74.2 cm³/mol. The highest BCUT2D eigenvalue weighted by molar-refractivity contribution is 5.40. The second-order valence-electron chi connectivity index (χ2n) is 5.15. The van der Waals surface area contributed by atoms with E-state index in [4.69, 9.17) is 9.47 Å². The molecule has 4 heteroatoms. The summed E-state index contributed by atoms with van der Waals surface area (Å²) in [7, 11) is 0. The summed E-state index contributed by atoms with van der Waals surface area (Å²) in [4.78, 5) is 0. The molecule has 0 saturated carbocycles. The first-order chi connectivity index (χ1) is 9.67. The lowest BCUT2D eigenvalue weighted by molar-refractivity contribution is 0.0413. The molecule has 0 fully saturated rings. The van der Waals surface area contributed by atoms with Crippen LogP contribution in [0, 0.1) is 11.6 Å². The number of fused-ring (bicyclic) bond motifs is 1. The van der Waals surface area contributed by atoms with E-state index in [1.54, 1.807) is 6.92 Å². The third-order valence-corrected chi connectivity index (χ3v) is 3.69. The number of hydrogen-bond donors (Lipinski definition) is 0. The van der Waals surface area contributed by atoms with Crippen LogP contribution in [0.25, 0.3) is 0 Å². The standard InChI is InChI=1S/C16H22F2O2/c1-3-5-8-20-11-6-7-12-13(9-11)14(17)10-15(16(12)18)19-4-2/h10-11H,3-9H2,1-2H3. The summed E-state index contributed by atoms with van der Waals surface area (Å²) in [5.74, 6) is -0.766. The normalized spacial score (nSPS) is 17.9. The van der Waals surface area contributed by atoms with E-state index < -0.39 is 5.82 Å². The summed E-state index contributed by atoms with van der Waals surface area (Å²) >= 11 is 0. The van der Waals surface area contributed by atoms with Crippen molar-refractivity contribution >= 4 is 0 Å². The topological polar surface area (TPSA) is 18.5 Å². The van der Waals surface area contributed by atoms with Crippen LogP contribution in [-0.4, -0.2) is 19.3 Å². The molecule has 0 heterocycles. The molecule has 112 valence electrons.